The number of rotatable bonds is 5. The third-order valence-electron chi connectivity index (χ3n) is 4.49. The normalized spacial score (nSPS) is 14.3. The molecule has 0 radical (unpaired) electrons. The summed E-state index contributed by atoms with van der Waals surface area (Å²) in [5, 5.41) is 15.6. The van der Waals surface area contributed by atoms with Crippen LogP contribution in [0.5, 0.6) is 0 Å². The first-order chi connectivity index (χ1) is 13.6. The van der Waals surface area contributed by atoms with E-state index in [0.29, 0.717) is 18.8 Å². The van der Waals surface area contributed by atoms with Crippen LogP contribution in [-0.4, -0.2) is 70.8 Å². The molecule has 0 unspecified atom stereocenters. The van der Waals surface area contributed by atoms with Crippen LogP contribution in [0.4, 0.5) is 4.79 Å². The molecule has 0 atom stereocenters. The number of nitrogens with zero attached hydrogens (tertiary/aromatic N) is 2. The van der Waals surface area contributed by atoms with Crippen molar-refractivity contribution in [3.8, 4) is 0 Å². The van der Waals surface area contributed by atoms with Crippen LogP contribution < -0.4 is 0 Å². The number of aryl methyl sites for hydroxylation is 3. The van der Waals surface area contributed by atoms with E-state index in [1.165, 1.54) is 22.3 Å². The second-order valence-corrected chi connectivity index (χ2v) is 6.85. The molecule has 29 heavy (non-hydrogen) atoms. The van der Waals surface area contributed by atoms with Gasteiger partial charge in [0.2, 0.25) is 0 Å². The number of carboxylic acids is 2. The van der Waals surface area contributed by atoms with Crippen LogP contribution in [0.25, 0.3) is 0 Å². The first kappa shape index (κ1) is 24.2. The Bertz CT molecular complexity index is 713. The topological polar surface area (TPSA) is 107 Å². The SMILES string of the molecule is CCOC(=O)N1CCN(Cc2c(C)cc(C)cc2C)CC1.O=C(O)/C=C\C(=O)O. The molecule has 1 fully saturated rings. The minimum Gasteiger partial charge on any atom is -0.478 e. The van der Waals surface area contributed by atoms with E-state index in [2.05, 4.69) is 37.8 Å². The first-order valence-electron chi connectivity index (χ1n) is 9.48. The molecule has 8 heteroatoms. The zero-order chi connectivity index (χ0) is 22.0. The molecule has 1 aliphatic rings. The van der Waals surface area contributed by atoms with Crippen LogP contribution in [0.2, 0.25) is 0 Å². The Morgan fingerprint density at radius 1 is 0.966 bits per heavy atom. The van der Waals surface area contributed by atoms with Gasteiger partial charge in [-0.05, 0) is 44.4 Å². The second-order valence-electron chi connectivity index (χ2n) is 6.85. The third kappa shape index (κ3) is 8.78. The number of ether oxygens (including phenoxy) is 1. The lowest BCUT2D eigenvalue weighted by Crippen LogP contribution is -2.48. The van der Waals surface area contributed by atoms with E-state index in [1.807, 2.05) is 6.92 Å². The number of carbonyl (C=O) groups is 3. The predicted molar refractivity (Wildman–Crippen MR) is 109 cm³/mol. The minimum atomic E-state index is -1.26. The molecule has 1 amide bonds. The van der Waals surface area contributed by atoms with Crippen molar-refractivity contribution in [2.45, 2.75) is 34.2 Å². The van der Waals surface area contributed by atoms with Gasteiger partial charge in [-0.15, -0.1) is 0 Å². The van der Waals surface area contributed by atoms with E-state index in [4.69, 9.17) is 14.9 Å². The number of aliphatic carboxylic acids is 2. The van der Waals surface area contributed by atoms with E-state index in [0.717, 1.165) is 32.7 Å². The van der Waals surface area contributed by atoms with Crippen LogP contribution in [0, 0.1) is 20.8 Å². The average molecular weight is 406 g/mol. The average Bonchev–Trinajstić information content (AvgIpc) is 2.64. The fraction of sp³-hybridized carbons (Fsp3) is 0.476. The molecule has 2 N–H and O–H groups in total. The number of carbonyl (C=O) groups excluding carboxylic acids is 1. The fourth-order valence-corrected chi connectivity index (χ4v) is 3.13. The summed E-state index contributed by atoms with van der Waals surface area (Å²) >= 11 is 0. The van der Waals surface area contributed by atoms with Crippen molar-refractivity contribution in [3.63, 3.8) is 0 Å². The highest BCUT2D eigenvalue weighted by molar-refractivity contribution is 5.89. The van der Waals surface area contributed by atoms with E-state index in [1.54, 1.807) is 4.90 Å². The van der Waals surface area contributed by atoms with Crippen LogP contribution in [0.1, 0.15) is 29.2 Å². The van der Waals surface area contributed by atoms with Gasteiger partial charge in [-0.25, -0.2) is 14.4 Å². The largest absolute Gasteiger partial charge is 0.478 e. The monoisotopic (exact) mass is 406 g/mol. The number of piperazine rings is 1. The van der Waals surface area contributed by atoms with E-state index in [9.17, 15) is 14.4 Å². The highest BCUT2D eigenvalue weighted by atomic mass is 16.6. The number of amides is 1. The number of hydrogen-bond acceptors (Lipinski definition) is 5. The molecule has 1 heterocycles. The van der Waals surface area contributed by atoms with Crippen molar-refractivity contribution in [1.82, 2.24) is 9.80 Å². The van der Waals surface area contributed by atoms with E-state index >= 15 is 0 Å². The maximum absolute atomic E-state index is 11.7. The zero-order valence-corrected chi connectivity index (χ0v) is 17.5. The number of carboxylic acid groups (broad SMARTS) is 2. The van der Waals surface area contributed by atoms with Gasteiger partial charge < -0.3 is 19.8 Å². The first-order valence-corrected chi connectivity index (χ1v) is 9.48. The summed E-state index contributed by atoms with van der Waals surface area (Å²) in [4.78, 5) is 35.0. The van der Waals surface area contributed by atoms with Gasteiger partial charge in [0.05, 0.1) is 6.61 Å². The quantitative estimate of drug-likeness (QED) is 0.724. The maximum atomic E-state index is 11.7. The summed E-state index contributed by atoms with van der Waals surface area (Å²) in [5.74, 6) is -2.51. The van der Waals surface area contributed by atoms with E-state index in [-0.39, 0.29) is 6.09 Å². The molecule has 2 rings (SSSR count). The van der Waals surface area contributed by atoms with Crippen molar-refractivity contribution in [3.05, 3.63) is 46.5 Å². The van der Waals surface area contributed by atoms with Gasteiger partial charge in [0, 0.05) is 44.9 Å². The Hall–Kier alpha value is -2.87. The van der Waals surface area contributed by atoms with Gasteiger partial charge in [-0.3, -0.25) is 4.90 Å². The summed E-state index contributed by atoms with van der Waals surface area (Å²) in [6.07, 6.45) is 0.935. The zero-order valence-electron chi connectivity index (χ0n) is 17.5. The lowest BCUT2D eigenvalue weighted by Gasteiger charge is -2.34. The van der Waals surface area contributed by atoms with Crippen molar-refractivity contribution in [2.24, 2.45) is 0 Å². The molecular weight excluding hydrogens is 376 g/mol. The molecule has 160 valence electrons. The summed E-state index contributed by atoms with van der Waals surface area (Å²) < 4.78 is 5.05. The Balaban J connectivity index is 0.000000447. The fourth-order valence-electron chi connectivity index (χ4n) is 3.13. The molecule has 1 aliphatic heterocycles. The summed E-state index contributed by atoms with van der Waals surface area (Å²) in [5.41, 5.74) is 5.46. The van der Waals surface area contributed by atoms with Gasteiger partial charge in [0.25, 0.3) is 0 Å². The molecule has 0 aromatic heterocycles. The van der Waals surface area contributed by atoms with Gasteiger partial charge in [0.15, 0.2) is 0 Å². The van der Waals surface area contributed by atoms with Crippen LogP contribution in [0.15, 0.2) is 24.3 Å². The van der Waals surface area contributed by atoms with Crippen molar-refractivity contribution in [2.75, 3.05) is 32.8 Å². The summed E-state index contributed by atoms with van der Waals surface area (Å²) in [7, 11) is 0. The number of hydrogen-bond donors (Lipinski definition) is 2. The molecule has 0 spiro atoms. The molecule has 1 saturated heterocycles. The van der Waals surface area contributed by atoms with Crippen LogP contribution >= 0.6 is 0 Å². The minimum absolute atomic E-state index is 0.181. The Labute approximate surface area is 171 Å². The van der Waals surface area contributed by atoms with Crippen molar-refractivity contribution < 1.29 is 29.3 Å². The Morgan fingerprint density at radius 3 is 1.86 bits per heavy atom. The smallest absolute Gasteiger partial charge is 0.409 e. The number of benzene rings is 1. The molecule has 0 saturated carbocycles. The summed E-state index contributed by atoms with van der Waals surface area (Å²) in [6.45, 7) is 13.1. The van der Waals surface area contributed by atoms with Gasteiger partial charge in [-0.1, -0.05) is 17.7 Å². The molecule has 0 aliphatic carbocycles. The second kappa shape index (κ2) is 11.9. The lowest BCUT2D eigenvalue weighted by molar-refractivity contribution is -0.134. The van der Waals surface area contributed by atoms with Gasteiger partial charge in [-0.2, -0.15) is 0 Å². The lowest BCUT2D eigenvalue weighted by atomic mass is 9.99. The summed E-state index contributed by atoms with van der Waals surface area (Å²) in [6, 6.07) is 4.49. The van der Waals surface area contributed by atoms with Crippen molar-refractivity contribution >= 4 is 18.0 Å². The molecule has 8 nitrogen and oxygen atoms in total. The highest BCUT2D eigenvalue weighted by Crippen LogP contribution is 2.19. The Morgan fingerprint density at radius 2 is 1.45 bits per heavy atom. The molecule has 1 aromatic rings. The van der Waals surface area contributed by atoms with Gasteiger partial charge >= 0.3 is 18.0 Å². The van der Waals surface area contributed by atoms with Crippen LogP contribution in [-0.2, 0) is 20.9 Å². The highest BCUT2D eigenvalue weighted by Gasteiger charge is 2.22. The molecule has 0 bridgehead atoms. The predicted octanol–water partition coefficient (Wildman–Crippen LogP) is 2.60. The van der Waals surface area contributed by atoms with Crippen molar-refractivity contribution in [1.29, 1.82) is 0 Å². The van der Waals surface area contributed by atoms with Crippen LogP contribution in [0.3, 0.4) is 0 Å². The standard InChI is InChI=1S/C17H26N2O2.C4H4O4/c1-5-21-17(20)19-8-6-18(7-9-19)12-16-14(3)10-13(2)11-15(16)4;5-3(6)1-2-4(7)8/h10-11H,5-9,12H2,1-4H3;1-2H,(H,5,6)(H,7,8)/b;2-1-. The molecular formula is C21H30N2O6. The van der Waals surface area contributed by atoms with E-state index < -0.39 is 11.9 Å². The molecule has 1 aromatic carbocycles. The maximum Gasteiger partial charge on any atom is 0.409 e. The third-order valence-corrected chi connectivity index (χ3v) is 4.49. The Kier molecular flexibility index (Phi) is 9.88. The van der Waals surface area contributed by atoms with Gasteiger partial charge in [0.1, 0.15) is 0 Å².